The maximum absolute atomic E-state index is 12.8. The van der Waals surface area contributed by atoms with Crippen LogP contribution in [0.4, 0.5) is 17.1 Å². The third-order valence-electron chi connectivity index (χ3n) is 5.49. The highest BCUT2D eigenvalue weighted by atomic mass is 35.5. The molecule has 0 amide bonds. The molecule has 0 saturated carbocycles. The molecule has 2 bridgehead atoms. The van der Waals surface area contributed by atoms with Crippen LogP contribution < -0.4 is 27.2 Å². The van der Waals surface area contributed by atoms with Gasteiger partial charge in [0, 0.05) is 31.4 Å². The van der Waals surface area contributed by atoms with Crippen molar-refractivity contribution in [3.63, 3.8) is 0 Å². The first-order valence-electron chi connectivity index (χ1n) is 8.71. The standard InChI is InChI=1S/C18H23N4O4.ClH/c1-3-17-20(25)15-5-4-14-12-16(15)22(17,26)21(14)18(13(2)24)6-8-19(9-7-18)10-11-23;/h4-9,12,17,23,25-26H,3,10-11H2,1-2H3;1H/q+1;/p-1. The molecule has 8 nitrogen and oxygen atoms in total. The van der Waals surface area contributed by atoms with Gasteiger partial charge >= 0.3 is 0 Å². The number of hydrogen-bond acceptors (Lipinski definition) is 7. The largest absolute Gasteiger partial charge is 1.00 e. The lowest BCUT2D eigenvalue weighted by molar-refractivity contribution is -0.145. The first-order valence-corrected chi connectivity index (χ1v) is 8.71. The Morgan fingerprint density at radius 1 is 1.30 bits per heavy atom. The van der Waals surface area contributed by atoms with Crippen LogP contribution in [0.3, 0.4) is 0 Å². The summed E-state index contributed by atoms with van der Waals surface area (Å²) in [6, 6.07) is 5.35. The van der Waals surface area contributed by atoms with E-state index >= 15 is 0 Å². The SMILES string of the molecule is CCC1N(O)c2ccc3cc2[N+]1(O)N3C1(C(C)=O)C=CN(CCO)C=C1.[Cl-]. The molecule has 0 radical (unpaired) electrons. The molecule has 0 aromatic heterocycles. The number of quaternary nitrogens is 1. The zero-order valence-electron chi connectivity index (χ0n) is 15.2. The summed E-state index contributed by atoms with van der Waals surface area (Å²) in [6.45, 7) is 3.77. The van der Waals surface area contributed by atoms with Gasteiger partial charge in [0.25, 0.3) is 0 Å². The molecule has 3 aliphatic rings. The highest BCUT2D eigenvalue weighted by molar-refractivity contribution is 5.98. The molecule has 2 unspecified atom stereocenters. The molecule has 0 spiro atoms. The van der Waals surface area contributed by atoms with E-state index in [1.165, 1.54) is 6.92 Å². The number of ketones is 1. The van der Waals surface area contributed by atoms with Crippen molar-refractivity contribution in [1.82, 2.24) is 9.66 Å². The van der Waals surface area contributed by atoms with E-state index in [1.54, 1.807) is 52.7 Å². The first kappa shape index (κ1) is 19.7. The number of nitrogens with zero attached hydrogens (tertiary/aromatic N) is 4. The minimum Gasteiger partial charge on any atom is -1.00 e. The number of hydrogen-bond donors (Lipinski definition) is 3. The van der Waals surface area contributed by atoms with Gasteiger partial charge in [-0.1, -0.05) is 6.92 Å². The van der Waals surface area contributed by atoms with Crippen LogP contribution in [0.25, 0.3) is 0 Å². The number of benzene rings is 1. The summed E-state index contributed by atoms with van der Waals surface area (Å²) in [5, 5.41) is 34.1. The Kier molecular flexibility index (Phi) is 4.73. The van der Waals surface area contributed by atoms with Crippen LogP contribution >= 0.6 is 0 Å². The van der Waals surface area contributed by atoms with Gasteiger partial charge in [-0.3, -0.25) is 10.0 Å². The minimum absolute atomic E-state index is 0. The lowest BCUT2D eigenvalue weighted by atomic mass is 9.91. The zero-order valence-corrected chi connectivity index (χ0v) is 15.9. The van der Waals surface area contributed by atoms with Gasteiger partial charge in [0.2, 0.25) is 11.9 Å². The Hall–Kier alpha value is -2.10. The van der Waals surface area contributed by atoms with Crippen LogP contribution in [-0.4, -0.2) is 51.1 Å². The topological polar surface area (TPSA) is 87.5 Å². The van der Waals surface area contributed by atoms with Crippen molar-refractivity contribution in [1.29, 1.82) is 0 Å². The Morgan fingerprint density at radius 2 is 1.96 bits per heavy atom. The summed E-state index contributed by atoms with van der Waals surface area (Å²) >= 11 is 0. The van der Waals surface area contributed by atoms with Crippen LogP contribution in [0.1, 0.15) is 20.3 Å². The summed E-state index contributed by atoms with van der Waals surface area (Å²) < 4.78 is -0.668. The molecule has 146 valence electrons. The molecule has 0 saturated heterocycles. The Bertz CT molecular complexity index is 816. The number of anilines is 2. The van der Waals surface area contributed by atoms with Crippen molar-refractivity contribution in [3.8, 4) is 0 Å². The van der Waals surface area contributed by atoms with Gasteiger partial charge in [0.05, 0.1) is 6.61 Å². The van der Waals surface area contributed by atoms with E-state index in [-0.39, 0.29) is 24.8 Å². The van der Waals surface area contributed by atoms with E-state index in [0.29, 0.717) is 30.0 Å². The Balaban J connectivity index is 0.00000210. The highest BCUT2D eigenvalue weighted by Crippen LogP contribution is 2.55. The number of fused-ring (bicyclic) bond motifs is 1. The van der Waals surface area contributed by atoms with Crippen LogP contribution in [-0.2, 0) is 4.79 Å². The Labute approximate surface area is 163 Å². The fraction of sp³-hybridized carbons (Fsp3) is 0.389. The molecular formula is C18H23ClN4O4. The van der Waals surface area contributed by atoms with Gasteiger partial charge < -0.3 is 22.4 Å². The van der Waals surface area contributed by atoms with E-state index < -0.39 is 16.5 Å². The maximum Gasteiger partial charge on any atom is 0.246 e. The van der Waals surface area contributed by atoms with Gasteiger partial charge in [0.1, 0.15) is 11.4 Å². The molecule has 2 atom stereocenters. The molecular weight excluding hydrogens is 372 g/mol. The van der Waals surface area contributed by atoms with Gasteiger partial charge in [-0.2, -0.15) is 15.3 Å². The molecule has 27 heavy (non-hydrogen) atoms. The second kappa shape index (κ2) is 6.50. The molecule has 0 aliphatic carbocycles. The van der Waals surface area contributed by atoms with Gasteiger partial charge in [-0.25, -0.2) is 0 Å². The quantitative estimate of drug-likeness (QED) is 0.537. The summed E-state index contributed by atoms with van der Waals surface area (Å²) in [5.41, 5.74) is 0.595. The van der Waals surface area contributed by atoms with Crippen molar-refractivity contribution in [3.05, 3.63) is 42.8 Å². The van der Waals surface area contributed by atoms with Gasteiger partial charge in [-0.15, -0.1) is 0 Å². The molecule has 3 heterocycles. The molecule has 3 aliphatic heterocycles. The number of Topliss-reactive ketones (excluding diaryl/α,β-unsaturated/α-hetero) is 1. The second-order valence-corrected chi connectivity index (χ2v) is 6.84. The monoisotopic (exact) mass is 394 g/mol. The van der Waals surface area contributed by atoms with Crippen LogP contribution in [0.2, 0.25) is 0 Å². The lowest BCUT2D eigenvalue weighted by Crippen LogP contribution is -3.00. The maximum atomic E-state index is 12.8. The number of rotatable bonds is 5. The van der Waals surface area contributed by atoms with Crippen molar-refractivity contribution >= 4 is 22.8 Å². The minimum atomic E-state index is -1.20. The van der Waals surface area contributed by atoms with Crippen molar-refractivity contribution in [2.75, 3.05) is 23.2 Å². The number of aliphatic hydroxyl groups is 1. The average Bonchev–Trinajstić information content (AvgIpc) is 2.97. The molecule has 9 heteroatoms. The summed E-state index contributed by atoms with van der Waals surface area (Å²) in [4.78, 5) is 14.6. The number of β-amino-alcohol motifs (C(OH)–C–C–N with tert-alkyl or cyclic N) is 1. The number of carbonyl (C=O) groups excluding carboxylic acids is 1. The number of carbonyl (C=O) groups is 1. The fourth-order valence-corrected chi connectivity index (χ4v) is 4.20. The van der Waals surface area contributed by atoms with Crippen molar-refractivity contribution in [2.24, 2.45) is 0 Å². The zero-order chi connectivity index (χ0) is 18.7. The number of aliphatic hydroxyl groups excluding tert-OH is 1. The molecule has 0 fully saturated rings. The number of hydroxylamine groups is 2. The van der Waals surface area contributed by atoms with Gasteiger partial charge in [0.15, 0.2) is 11.3 Å². The van der Waals surface area contributed by atoms with E-state index in [2.05, 4.69) is 0 Å². The first-order chi connectivity index (χ1) is 12.4. The summed E-state index contributed by atoms with van der Waals surface area (Å²) in [5.74, 6) is -0.157. The summed E-state index contributed by atoms with van der Waals surface area (Å²) in [7, 11) is 0. The molecule has 1 aromatic rings. The van der Waals surface area contributed by atoms with Crippen molar-refractivity contribution in [2.45, 2.75) is 32.0 Å². The molecule has 3 N–H and O–H groups in total. The third kappa shape index (κ3) is 2.35. The summed E-state index contributed by atoms with van der Waals surface area (Å²) in [6.07, 6.45) is 6.75. The highest BCUT2D eigenvalue weighted by Gasteiger charge is 2.65. The third-order valence-corrected chi connectivity index (χ3v) is 5.49. The van der Waals surface area contributed by atoms with E-state index in [4.69, 9.17) is 5.11 Å². The average molecular weight is 395 g/mol. The smallest absolute Gasteiger partial charge is 0.246 e. The van der Waals surface area contributed by atoms with Crippen LogP contribution in [0.5, 0.6) is 0 Å². The normalized spacial score (nSPS) is 26.6. The van der Waals surface area contributed by atoms with Crippen molar-refractivity contribution < 1.29 is 32.7 Å². The van der Waals surface area contributed by atoms with Crippen LogP contribution in [0, 0.1) is 0 Å². The van der Waals surface area contributed by atoms with Gasteiger partial charge in [-0.05, 0) is 36.0 Å². The van der Waals surface area contributed by atoms with E-state index in [0.717, 1.165) is 5.06 Å². The van der Waals surface area contributed by atoms with E-state index in [1.807, 2.05) is 6.92 Å². The predicted octanol–water partition coefficient (Wildman–Crippen LogP) is -1.27. The lowest BCUT2D eigenvalue weighted by Gasteiger charge is -2.46. The molecule has 4 rings (SSSR count). The predicted molar refractivity (Wildman–Crippen MR) is 96.3 cm³/mol. The number of halogens is 1. The molecule has 1 aromatic carbocycles. The second-order valence-electron chi connectivity index (χ2n) is 6.84. The fourth-order valence-electron chi connectivity index (χ4n) is 4.20. The van der Waals surface area contributed by atoms with Crippen LogP contribution in [0.15, 0.2) is 42.8 Å². The Morgan fingerprint density at radius 3 is 2.52 bits per heavy atom. The van der Waals surface area contributed by atoms with E-state index in [9.17, 15) is 15.2 Å².